The van der Waals surface area contributed by atoms with Crippen LogP contribution >= 0.6 is 0 Å². The Morgan fingerprint density at radius 1 is 1.33 bits per heavy atom. The molecule has 0 aromatic heterocycles. The molecule has 15 heavy (non-hydrogen) atoms. The minimum atomic E-state index is -3.57. The number of nitrogens with two attached hydrogens (primary N) is 1. The van der Waals surface area contributed by atoms with E-state index in [9.17, 15) is 8.42 Å². The number of unbranched alkanes of at least 4 members (excludes halogenated alkanes) is 1. The lowest BCUT2D eigenvalue weighted by atomic mass is 10.0. The van der Waals surface area contributed by atoms with Crippen molar-refractivity contribution in [2.75, 3.05) is 0 Å². The van der Waals surface area contributed by atoms with Gasteiger partial charge in [0.1, 0.15) is 0 Å². The molecule has 0 unspecified atom stereocenters. The summed E-state index contributed by atoms with van der Waals surface area (Å²) < 4.78 is 22.3. The van der Waals surface area contributed by atoms with Crippen molar-refractivity contribution >= 4 is 10.0 Å². The number of aryl methyl sites for hydroxylation is 2. The van der Waals surface area contributed by atoms with Crippen molar-refractivity contribution in [2.24, 2.45) is 5.14 Å². The zero-order valence-corrected chi connectivity index (χ0v) is 9.97. The molecule has 3 nitrogen and oxygen atoms in total. The number of rotatable bonds is 4. The summed E-state index contributed by atoms with van der Waals surface area (Å²) in [5.41, 5.74) is 2.19. The normalized spacial score (nSPS) is 11.7. The highest BCUT2D eigenvalue weighted by molar-refractivity contribution is 7.89. The molecule has 0 aliphatic heterocycles. The molecule has 4 heteroatoms. The van der Waals surface area contributed by atoms with E-state index in [4.69, 9.17) is 5.14 Å². The van der Waals surface area contributed by atoms with Gasteiger partial charge in [-0.3, -0.25) is 0 Å². The van der Waals surface area contributed by atoms with E-state index in [1.54, 1.807) is 12.1 Å². The average Bonchev–Trinajstić information content (AvgIpc) is 2.15. The number of hydrogen-bond acceptors (Lipinski definition) is 2. The topological polar surface area (TPSA) is 60.2 Å². The van der Waals surface area contributed by atoms with E-state index in [0.717, 1.165) is 30.4 Å². The van der Waals surface area contributed by atoms with Gasteiger partial charge in [0, 0.05) is 0 Å². The molecule has 2 N–H and O–H groups in total. The molecule has 1 rings (SSSR count). The van der Waals surface area contributed by atoms with Gasteiger partial charge in [0.2, 0.25) is 10.0 Å². The van der Waals surface area contributed by atoms with Gasteiger partial charge in [-0.2, -0.15) is 0 Å². The van der Waals surface area contributed by atoms with Crippen LogP contribution in [0.15, 0.2) is 23.1 Å². The van der Waals surface area contributed by atoms with Crippen molar-refractivity contribution in [1.29, 1.82) is 0 Å². The molecule has 0 aliphatic carbocycles. The molecule has 1 aromatic carbocycles. The Morgan fingerprint density at radius 3 is 2.53 bits per heavy atom. The highest BCUT2D eigenvalue weighted by atomic mass is 32.2. The smallest absolute Gasteiger partial charge is 0.225 e. The summed E-state index contributed by atoms with van der Waals surface area (Å²) in [6.07, 6.45) is 3.07. The van der Waals surface area contributed by atoms with Gasteiger partial charge in [0.05, 0.1) is 4.90 Å². The zero-order chi connectivity index (χ0) is 11.5. The zero-order valence-electron chi connectivity index (χ0n) is 9.16. The molecule has 0 saturated heterocycles. The van der Waals surface area contributed by atoms with Gasteiger partial charge in [-0.25, -0.2) is 13.6 Å². The second-order valence-corrected chi connectivity index (χ2v) is 5.30. The average molecular weight is 227 g/mol. The third kappa shape index (κ3) is 3.32. The highest BCUT2D eigenvalue weighted by Crippen LogP contribution is 2.16. The SMILES string of the molecule is CCCCc1cc(S(N)(=O)=O)ccc1C. The second kappa shape index (κ2) is 4.77. The fraction of sp³-hybridized carbons (Fsp3) is 0.455. The Morgan fingerprint density at radius 2 is 2.00 bits per heavy atom. The number of hydrogen-bond donors (Lipinski definition) is 1. The first-order valence-electron chi connectivity index (χ1n) is 5.07. The van der Waals surface area contributed by atoms with Crippen LogP contribution in [0.3, 0.4) is 0 Å². The van der Waals surface area contributed by atoms with Gasteiger partial charge in [-0.1, -0.05) is 19.4 Å². The predicted molar refractivity (Wildman–Crippen MR) is 61.2 cm³/mol. The minimum Gasteiger partial charge on any atom is -0.225 e. The Kier molecular flexibility index (Phi) is 3.88. The number of sulfonamides is 1. The Balaban J connectivity index is 3.06. The van der Waals surface area contributed by atoms with E-state index < -0.39 is 10.0 Å². The van der Waals surface area contributed by atoms with Gasteiger partial charge in [0.15, 0.2) is 0 Å². The summed E-state index contributed by atoms with van der Waals surface area (Å²) in [6.45, 7) is 4.09. The van der Waals surface area contributed by atoms with E-state index in [0.29, 0.717) is 0 Å². The van der Waals surface area contributed by atoms with Crippen LogP contribution in [-0.4, -0.2) is 8.42 Å². The van der Waals surface area contributed by atoms with Crippen LogP contribution in [-0.2, 0) is 16.4 Å². The van der Waals surface area contributed by atoms with Crippen LogP contribution in [0, 0.1) is 6.92 Å². The molecular formula is C11H17NO2S. The molecular weight excluding hydrogens is 210 g/mol. The Hall–Kier alpha value is -0.870. The van der Waals surface area contributed by atoms with Crippen LogP contribution in [0.4, 0.5) is 0 Å². The first-order chi connectivity index (χ1) is 6.95. The largest absolute Gasteiger partial charge is 0.238 e. The Bertz CT molecular complexity index is 438. The predicted octanol–water partition coefficient (Wildman–Crippen LogP) is 1.99. The van der Waals surface area contributed by atoms with Gasteiger partial charge in [-0.15, -0.1) is 0 Å². The van der Waals surface area contributed by atoms with Crippen molar-refractivity contribution in [1.82, 2.24) is 0 Å². The summed E-state index contributed by atoms with van der Waals surface area (Å²) in [6, 6.07) is 5.05. The third-order valence-electron chi connectivity index (χ3n) is 2.45. The Labute approximate surface area is 91.4 Å². The van der Waals surface area contributed by atoms with Gasteiger partial charge < -0.3 is 0 Å². The lowest BCUT2D eigenvalue weighted by Gasteiger charge is -2.07. The molecule has 1 aromatic rings. The number of primary sulfonamides is 1. The molecule has 0 aliphatic rings. The maximum absolute atomic E-state index is 11.1. The molecule has 0 heterocycles. The summed E-state index contributed by atoms with van der Waals surface area (Å²) in [4.78, 5) is 0.208. The molecule has 0 bridgehead atoms. The summed E-state index contributed by atoms with van der Waals surface area (Å²) in [7, 11) is -3.57. The maximum atomic E-state index is 11.1. The van der Waals surface area contributed by atoms with Crippen molar-refractivity contribution in [3.8, 4) is 0 Å². The molecule has 0 saturated carbocycles. The first kappa shape index (κ1) is 12.2. The fourth-order valence-corrected chi connectivity index (χ4v) is 2.03. The van der Waals surface area contributed by atoms with Gasteiger partial charge in [0.25, 0.3) is 0 Å². The van der Waals surface area contributed by atoms with Crippen LogP contribution < -0.4 is 5.14 Å². The van der Waals surface area contributed by atoms with Crippen molar-refractivity contribution in [3.63, 3.8) is 0 Å². The van der Waals surface area contributed by atoms with Crippen LogP contribution in [0.1, 0.15) is 30.9 Å². The summed E-state index contributed by atoms with van der Waals surface area (Å²) in [5, 5.41) is 5.08. The standard InChI is InChI=1S/C11H17NO2S/c1-3-4-5-10-8-11(15(12,13)14)7-6-9(10)2/h6-8H,3-5H2,1-2H3,(H2,12,13,14). The minimum absolute atomic E-state index is 0.208. The van der Waals surface area contributed by atoms with Crippen molar-refractivity contribution < 1.29 is 8.42 Å². The first-order valence-corrected chi connectivity index (χ1v) is 6.62. The van der Waals surface area contributed by atoms with Crippen molar-refractivity contribution in [2.45, 2.75) is 38.0 Å². The van der Waals surface area contributed by atoms with Gasteiger partial charge in [-0.05, 0) is 43.0 Å². The van der Waals surface area contributed by atoms with Crippen LogP contribution in [0.5, 0.6) is 0 Å². The van der Waals surface area contributed by atoms with Gasteiger partial charge >= 0.3 is 0 Å². The molecule has 0 fully saturated rings. The van der Waals surface area contributed by atoms with E-state index in [1.807, 2.05) is 13.0 Å². The lowest BCUT2D eigenvalue weighted by Crippen LogP contribution is -2.12. The molecule has 0 radical (unpaired) electrons. The second-order valence-electron chi connectivity index (χ2n) is 3.74. The fourth-order valence-electron chi connectivity index (χ4n) is 1.46. The molecule has 0 amide bonds. The lowest BCUT2D eigenvalue weighted by molar-refractivity contribution is 0.597. The molecule has 0 atom stereocenters. The molecule has 84 valence electrons. The third-order valence-corrected chi connectivity index (χ3v) is 3.36. The summed E-state index contributed by atoms with van der Waals surface area (Å²) in [5.74, 6) is 0. The van der Waals surface area contributed by atoms with Crippen molar-refractivity contribution in [3.05, 3.63) is 29.3 Å². The summed E-state index contributed by atoms with van der Waals surface area (Å²) >= 11 is 0. The highest BCUT2D eigenvalue weighted by Gasteiger charge is 2.09. The van der Waals surface area contributed by atoms with Crippen LogP contribution in [0.2, 0.25) is 0 Å². The van der Waals surface area contributed by atoms with E-state index >= 15 is 0 Å². The molecule has 0 spiro atoms. The van der Waals surface area contributed by atoms with E-state index in [-0.39, 0.29) is 4.90 Å². The number of benzene rings is 1. The van der Waals surface area contributed by atoms with E-state index in [2.05, 4.69) is 6.92 Å². The van der Waals surface area contributed by atoms with Crippen LogP contribution in [0.25, 0.3) is 0 Å². The monoisotopic (exact) mass is 227 g/mol. The quantitative estimate of drug-likeness (QED) is 0.855. The maximum Gasteiger partial charge on any atom is 0.238 e. The van der Waals surface area contributed by atoms with E-state index in [1.165, 1.54) is 0 Å².